The van der Waals surface area contributed by atoms with Crippen LogP contribution in [0.4, 0.5) is 10.1 Å². The van der Waals surface area contributed by atoms with Gasteiger partial charge in [-0.15, -0.1) is 0 Å². The van der Waals surface area contributed by atoms with E-state index in [0.29, 0.717) is 0 Å². The predicted octanol–water partition coefficient (Wildman–Crippen LogP) is 0.718. The van der Waals surface area contributed by atoms with Crippen molar-refractivity contribution in [2.24, 2.45) is 0 Å². The van der Waals surface area contributed by atoms with Crippen LogP contribution in [0.2, 0.25) is 5.02 Å². The predicted molar refractivity (Wildman–Crippen MR) is 69.9 cm³/mol. The largest absolute Gasteiger partial charge is 0.396 e. The summed E-state index contributed by atoms with van der Waals surface area (Å²) in [6.07, 6.45) is 1.44. The number of hydrogen-bond acceptors (Lipinski definition) is 4. The summed E-state index contributed by atoms with van der Waals surface area (Å²) in [7, 11) is -5.20. The van der Waals surface area contributed by atoms with Crippen LogP contribution in [-0.2, 0) is 20.8 Å². The molecular weight excluding hydrogens is 303 g/mol. The Kier molecular flexibility index (Phi) is 5.09. The number of nitrogen functional groups attached to an aromatic ring is 1. The molecule has 0 aliphatic heterocycles. The average molecular weight is 315 g/mol. The Morgan fingerprint density at radius 1 is 1.50 bits per heavy atom. The monoisotopic (exact) mass is 314 g/mol. The fourth-order valence-electron chi connectivity index (χ4n) is 1.18. The van der Waals surface area contributed by atoms with Gasteiger partial charge in [-0.2, -0.15) is 0 Å². The van der Waals surface area contributed by atoms with Gasteiger partial charge in [-0.1, -0.05) is 11.6 Å². The van der Waals surface area contributed by atoms with E-state index in [0.717, 1.165) is 12.1 Å². The van der Waals surface area contributed by atoms with Gasteiger partial charge in [0.1, 0.15) is 4.90 Å². The number of hydrogen-bond donors (Lipinski definition) is 2. The average Bonchev–Trinajstić information content (AvgIpc) is 2.22. The van der Waals surface area contributed by atoms with Crippen LogP contribution >= 0.6 is 11.6 Å². The number of benzene rings is 1. The third kappa shape index (κ3) is 3.91. The van der Waals surface area contributed by atoms with E-state index in [9.17, 15) is 17.0 Å². The second-order valence-electron chi connectivity index (χ2n) is 3.48. The third-order valence-electron chi connectivity index (χ3n) is 2.00. The number of halogens is 2. The number of anilines is 1. The first-order valence-electron chi connectivity index (χ1n) is 4.78. The summed E-state index contributed by atoms with van der Waals surface area (Å²) >= 11 is 5.63. The molecule has 9 heteroatoms. The molecule has 0 aliphatic rings. The Hall–Kier alpha value is -0.700. The van der Waals surface area contributed by atoms with Gasteiger partial charge >= 0.3 is 0 Å². The van der Waals surface area contributed by atoms with Crippen LogP contribution in [0.25, 0.3) is 0 Å². The molecular formula is C9H12ClFN2O3S2. The van der Waals surface area contributed by atoms with E-state index in [-0.39, 0.29) is 23.0 Å². The maximum absolute atomic E-state index is 13.6. The van der Waals surface area contributed by atoms with E-state index in [1.54, 1.807) is 0 Å². The van der Waals surface area contributed by atoms with Crippen LogP contribution in [0.5, 0.6) is 0 Å². The third-order valence-corrected chi connectivity index (χ3v) is 4.46. The summed E-state index contributed by atoms with van der Waals surface area (Å²) in [6.45, 7) is -0.0582. The van der Waals surface area contributed by atoms with Crippen molar-refractivity contribution in [3.05, 3.63) is 23.0 Å². The summed E-state index contributed by atoms with van der Waals surface area (Å²) in [5.74, 6) is -0.916. The molecule has 102 valence electrons. The molecule has 0 aromatic heterocycles. The van der Waals surface area contributed by atoms with Gasteiger partial charge in [0.25, 0.3) is 0 Å². The van der Waals surface area contributed by atoms with Gasteiger partial charge in [0.05, 0.1) is 5.69 Å². The molecule has 0 saturated carbocycles. The van der Waals surface area contributed by atoms with Crippen molar-refractivity contribution in [1.29, 1.82) is 0 Å². The van der Waals surface area contributed by atoms with Gasteiger partial charge in [-0.3, -0.25) is 4.21 Å². The summed E-state index contributed by atoms with van der Waals surface area (Å²) in [6, 6.07) is 2.09. The highest BCUT2D eigenvalue weighted by molar-refractivity contribution is 7.89. The molecule has 0 aliphatic carbocycles. The van der Waals surface area contributed by atoms with Gasteiger partial charge < -0.3 is 5.73 Å². The highest BCUT2D eigenvalue weighted by Crippen LogP contribution is 2.24. The van der Waals surface area contributed by atoms with E-state index < -0.39 is 31.5 Å². The van der Waals surface area contributed by atoms with E-state index in [1.807, 2.05) is 0 Å². The molecule has 0 heterocycles. The Morgan fingerprint density at radius 2 is 2.11 bits per heavy atom. The molecule has 18 heavy (non-hydrogen) atoms. The molecule has 1 aromatic rings. The molecule has 1 rings (SSSR count). The molecule has 0 spiro atoms. The van der Waals surface area contributed by atoms with Gasteiger partial charge in [-0.05, 0) is 12.1 Å². The van der Waals surface area contributed by atoms with E-state index in [4.69, 9.17) is 17.3 Å². The highest BCUT2D eigenvalue weighted by atomic mass is 35.5. The summed E-state index contributed by atoms with van der Waals surface area (Å²) in [5.41, 5.74) is 4.95. The molecule has 5 nitrogen and oxygen atoms in total. The van der Waals surface area contributed by atoms with Gasteiger partial charge in [0.2, 0.25) is 10.0 Å². The number of sulfonamides is 1. The lowest BCUT2D eigenvalue weighted by Gasteiger charge is -2.09. The fraction of sp³-hybridized carbons (Fsp3) is 0.333. The van der Waals surface area contributed by atoms with Crippen molar-refractivity contribution in [3.8, 4) is 0 Å². The SMILES string of the molecule is CS(=O)CCNS(=O)(=O)c1cc(Cl)cc(N)c1F. The first-order chi connectivity index (χ1) is 8.24. The maximum Gasteiger partial charge on any atom is 0.243 e. The number of nitrogens with two attached hydrogens (primary N) is 1. The van der Waals surface area contributed by atoms with E-state index in [1.165, 1.54) is 6.26 Å². The summed E-state index contributed by atoms with van der Waals surface area (Å²) in [4.78, 5) is -0.616. The molecule has 0 saturated heterocycles. The molecule has 0 bridgehead atoms. The normalized spacial score (nSPS) is 13.5. The Bertz CT molecular complexity index is 577. The molecule has 0 radical (unpaired) electrons. The van der Waals surface area contributed by atoms with Gasteiger partial charge in [-0.25, -0.2) is 17.5 Å². The topological polar surface area (TPSA) is 89.3 Å². The quantitative estimate of drug-likeness (QED) is 0.784. The smallest absolute Gasteiger partial charge is 0.243 e. The van der Waals surface area contributed by atoms with Gasteiger partial charge in [0, 0.05) is 34.4 Å². The van der Waals surface area contributed by atoms with Crippen LogP contribution in [0.3, 0.4) is 0 Å². The van der Waals surface area contributed by atoms with Crippen molar-refractivity contribution in [1.82, 2.24) is 4.72 Å². The Labute approximate surface area is 112 Å². The van der Waals surface area contributed by atoms with Gasteiger partial charge in [0.15, 0.2) is 5.82 Å². The Morgan fingerprint density at radius 3 is 2.67 bits per heavy atom. The minimum absolute atomic E-state index is 0.0216. The van der Waals surface area contributed by atoms with E-state index in [2.05, 4.69) is 4.72 Å². The molecule has 1 atom stereocenters. The number of nitrogens with one attached hydrogen (secondary N) is 1. The molecule has 3 N–H and O–H groups in total. The molecule has 1 aromatic carbocycles. The maximum atomic E-state index is 13.6. The zero-order chi connectivity index (χ0) is 13.9. The lowest BCUT2D eigenvalue weighted by atomic mass is 10.3. The van der Waals surface area contributed by atoms with Crippen LogP contribution in [0, 0.1) is 5.82 Å². The first kappa shape index (κ1) is 15.4. The van der Waals surface area contributed by atoms with Crippen LogP contribution in [0.15, 0.2) is 17.0 Å². The van der Waals surface area contributed by atoms with Crippen molar-refractivity contribution in [3.63, 3.8) is 0 Å². The molecule has 1 unspecified atom stereocenters. The minimum Gasteiger partial charge on any atom is -0.396 e. The second kappa shape index (κ2) is 5.96. The van der Waals surface area contributed by atoms with Crippen LogP contribution < -0.4 is 10.5 Å². The zero-order valence-electron chi connectivity index (χ0n) is 9.44. The van der Waals surface area contributed by atoms with Crippen molar-refractivity contribution < 1.29 is 17.0 Å². The molecule has 0 amide bonds. The number of rotatable bonds is 5. The standard InChI is InChI=1S/C9H12ClFN2O3S2/c1-17(14)3-2-13-18(15,16)8-5-6(10)4-7(12)9(8)11/h4-5,13H,2-3,12H2,1H3. The van der Waals surface area contributed by atoms with Crippen molar-refractivity contribution >= 4 is 38.1 Å². The zero-order valence-corrected chi connectivity index (χ0v) is 11.8. The Balaban J connectivity index is 3.02. The van der Waals surface area contributed by atoms with Crippen LogP contribution in [0.1, 0.15) is 0 Å². The summed E-state index contributed by atoms with van der Waals surface area (Å²) < 4.78 is 50.1. The van der Waals surface area contributed by atoms with E-state index >= 15 is 0 Å². The molecule has 0 fully saturated rings. The highest BCUT2D eigenvalue weighted by Gasteiger charge is 2.21. The van der Waals surface area contributed by atoms with Crippen LogP contribution in [-0.4, -0.2) is 31.2 Å². The minimum atomic E-state index is -4.06. The van der Waals surface area contributed by atoms with Crippen molar-refractivity contribution in [2.45, 2.75) is 4.90 Å². The lowest BCUT2D eigenvalue weighted by Crippen LogP contribution is -2.28. The van der Waals surface area contributed by atoms with Crippen molar-refractivity contribution in [2.75, 3.05) is 24.3 Å². The lowest BCUT2D eigenvalue weighted by molar-refractivity contribution is 0.560. The first-order valence-corrected chi connectivity index (χ1v) is 8.37. The fourth-order valence-corrected chi connectivity index (χ4v) is 3.15. The summed E-state index contributed by atoms with van der Waals surface area (Å²) in [5, 5.41) is 0.0216. The second-order valence-corrected chi connectivity index (χ2v) is 7.21.